The van der Waals surface area contributed by atoms with E-state index < -0.39 is 17.5 Å². The van der Waals surface area contributed by atoms with Gasteiger partial charge in [-0.1, -0.05) is 18.2 Å². The second-order valence-electron chi connectivity index (χ2n) is 6.60. The molecule has 30 heavy (non-hydrogen) atoms. The van der Waals surface area contributed by atoms with E-state index in [0.717, 1.165) is 0 Å². The van der Waals surface area contributed by atoms with Crippen molar-refractivity contribution in [2.24, 2.45) is 5.92 Å². The molecule has 0 bridgehead atoms. The number of rotatable bonds is 4. The lowest BCUT2D eigenvalue weighted by atomic mass is 9.78. The lowest BCUT2D eigenvalue weighted by Crippen LogP contribution is -2.34. The van der Waals surface area contributed by atoms with Crippen LogP contribution in [0, 0.1) is 22.7 Å². The molecule has 4 rings (SSSR count). The van der Waals surface area contributed by atoms with Gasteiger partial charge in [-0.25, -0.2) is 4.79 Å². The van der Waals surface area contributed by atoms with Gasteiger partial charge in [0.25, 0.3) is 0 Å². The molecular formula is C22H18N2O6. The number of fused-ring (bicyclic) bond motifs is 3. The van der Waals surface area contributed by atoms with Gasteiger partial charge in [-0.2, -0.15) is 5.26 Å². The third-order valence-electron chi connectivity index (χ3n) is 5.15. The lowest BCUT2D eigenvalue weighted by molar-refractivity contribution is 0.319. The molecule has 1 N–H and O–H groups in total. The van der Waals surface area contributed by atoms with Crippen molar-refractivity contribution in [3.8, 4) is 29.1 Å². The summed E-state index contributed by atoms with van der Waals surface area (Å²) in [6.07, 6.45) is 0. The van der Waals surface area contributed by atoms with Gasteiger partial charge in [0.15, 0.2) is 17.2 Å². The Hall–Kier alpha value is -3.99. The van der Waals surface area contributed by atoms with E-state index in [4.69, 9.17) is 28.8 Å². The van der Waals surface area contributed by atoms with Gasteiger partial charge in [0.1, 0.15) is 11.5 Å². The van der Waals surface area contributed by atoms with Crippen molar-refractivity contribution >= 4 is 16.9 Å². The number of nitrogens with one attached hydrogen (secondary N) is 1. The van der Waals surface area contributed by atoms with Gasteiger partial charge in [0, 0.05) is 11.5 Å². The quantitative estimate of drug-likeness (QED) is 0.660. The van der Waals surface area contributed by atoms with Gasteiger partial charge >= 0.3 is 5.63 Å². The van der Waals surface area contributed by atoms with E-state index in [9.17, 15) is 10.1 Å². The van der Waals surface area contributed by atoms with Gasteiger partial charge in [0.2, 0.25) is 11.6 Å². The largest absolute Gasteiger partial charge is 0.493 e. The Balaban J connectivity index is 2.08. The minimum Gasteiger partial charge on any atom is -0.493 e. The molecule has 2 heterocycles. The third-order valence-corrected chi connectivity index (χ3v) is 5.15. The number of methoxy groups -OCH3 is 3. The van der Waals surface area contributed by atoms with Crippen LogP contribution in [0.4, 0.5) is 0 Å². The van der Waals surface area contributed by atoms with Crippen molar-refractivity contribution in [3.63, 3.8) is 0 Å². The summed E-state index contributed by atoms with van der Waals surface area (Å²) in [5.74, 6) is -0.924. The minimum absolute atomic E-state index is 0.154. The van der Waals surface area contributed by atoms with Gasteiger partial charge in [0.05, 0.1) is 38.3 Å². The van der Waals surface area contributed by atoms with Crippen molar-refractivity contribution in [1.29, 1.82) is 10.7 Å². The van der Waals surface area contributed by atoms with E-state index in [1.54, 1.807) is 36.4 Å². The predicted molar refractivity (Wildman–Crippen MR) is 108 cm³/mol. The van der Waals surface area contributed by atoms with E-state index >= 15 is 0 Å². The van der Waals surface area contributed by atoms with Gasteiger partial charge < -0.3 is 23.4 Å². The zero-order valence-electron chi connectivity index (χ0n) is 16.5. The molecule has 0 saturated carbocycles. The molecule has 1 aromatic heterocycles. The maximum absolute atomic E-state index is 13.0. The second kappa shape index (κ2) is 7.44. The zero-order chi connectivity index (χ0) is 21.4. The first-order valence-corrected chi connectivity index (χ1v) is 9.06. The summed E-state index contributed by atoms with van der Waals surface area (Å²) < 4.78 is 27.5. The smallest absolute Gasteiger partial charge is 0.343 e. The molecule has 3 aromatic rings. The van der Waals surface area contributed by atoms with Crippen LogP contribution in [-0.2, 0) is 0 Å². The zero-order valence-corrected chi connectivity index (χ0v) is 16.5. The Morgan fingerprint density at radius 3 is 2.43 bits per heavy atom. The van der Waals surface area contributed by atoms with E-state index in [-0.39, 0.29) is 17.2 Å². The molecule has 0 aliphatic carbocycles. The first-order valence-electron chi connectivity index (χ1n) is 9.06. The number of nitriles is 1. The highest BCUT2D eigenvalue weighted by Crippen LogP contribution is 2.50. The Morgan fingerprint density at radius 2 is 1.77 bits per heavy atom. The summed E-state index contributed by atoms with van der Waals surface area (Å²) in [4.78, 5) is 13.0. The molecule has 2 aromatic carbocycles. The summed E-state index contributed by atoms with van der Waals surface area (Å²) in [5.41, 5.74) is 0.334. The molecule has 8 heteroatoms. The van der Waals surface area contributed by atoms with Crippen molar-refractivity contribution in [1.82, 2.24) is 0 Å². The fourth-order valence-corrected chi connectivity index (χ4v) is 3.84. The molecule has 2 unspecified atom stereocenters. The van der Waals surface area contributed by atoms with Crippen LogP contribution in [0.15, 0.2) is 45.6 Å². The number of nitrogens with zero attached hydrogens (tertiary/aromatic N) is 1. The van der Waals surface area contributed by atoms with Crippen molar-refractivity contribution in [3.05, 3.63) is 57.9 Å². The average Bonchev–Trinajstić information content (AvgIpc) is 2.77. The number of para-hydroxylation sites is 1. The Kier molecular flexibility index (Phi) is 4.80. The number of ether oxygens (including phenoxy) is 4. The van der Waals surface area contributed by atoms with Crippen LogP contribution < -0.4 is 24.6 Å². The molecular weight excluding hydrogens is 388 g/mol. The van der Waals surface area contributed by atoms with Crippen molar-refractivity contribution < 1.29 is 23.4 Å². The molecule has 1 aliphatic heterocycles. The molecule has 2 atom stereocenters. The monoisotopic (exact) mass is 406 g/mol. The Labute approximate surface area is 171 Å². The summed E-state index contributed by atoms with van der Waals surface area (Å²) in [5, 5.41) is 18.7. The summed E-state index contributed by atoms with van der Waals surface area (Å²) >= 11 is 0. The average molecular weight is 406 g/mol. The fourth-order valence-electron chi connectivity index (χ4n) is 3.84. The van der Waals surface area contributed by atoms with Gasteiger partial charge in [-0.15, -0.1) is 0 Å². The molecule has 152 valence electrons. The number of benzene rings is 2. The minimum atomic E-state index is -1.06. The molecule has 1 aliphatic rings. The summed E-state index contributed by atoms with van der Waals surface area (Å²) in [6.45, 7) is 0. The van der Waals surface area contributed by atoms with Crippen LogP contribution in [0.3, 0.4) is 0 Å². The lowest BCUT2D eigenvalue weighted by Gasteiger charge is -2.31. The topological polar surface area (TPSA) is 115 Å². The third kappa shape index (κ3) is 2.75. The van der Waals surface area contributed by atoms with Crippen molar-refractivity contribution in [2.75, 3.05) is 21.3 Å². The van der Waals surface area contributed by atoms with Gasteiger partial charge in [-0.3, -0.25) is 5.41 Å². The van der Waals surface area contributed by atoms with Crippen LogP contribution in [0.5, 0.6) is 23.0 Å². The van der Waals surface area contributed by atoms with Crippen LogP contribution in [0.2, 0.25) is 0 Å². The highest BCUT2D eigenvalue weighted by atomic mass is 16.5. The standard InChI is InChI=1S/C22H18N2O6/c1-26-15-9-8-12(19(27-2)20(15)28-3)16-13(10-23)21(24)30-18-11-6-4-5-7-14(11)29-22(25)17(16)18/h4-9,13,16,24H,1-3H3. The van der Waals surface area contributed by atoms with E-state index in [0.29, 0.717) is 33.8 Å². The first kappa shape index (κ1) is 19.3. The van der Waals surface area contributed by atoms with Gasteiger partial charge in [-0.05, 0) is 18.2 Å². The van der Waals surface area contributed by atoms with Crippen LogP contribution in [-0.4, -0.2) is 27.2 Å². The van der Waals surface area contributed by atoms with Crippen LogP contribution in [0.1, 0.15) is 17.0 Å². The first-order chi connectivity index (χ1) is 14.5. The van der Waals surface area contributed by atoms with Crippen LogP contribution >= 0.6 is 0 Å². The number of hydrogen-bond donors (Lipinski definition) is 1. The molecule has 0 saturated heterocycles. The summed E-state index contributed by atoms with van der Waals surface area (Å²) in [7, 11) is 4.42. The molecule has 0 radical (unpaired) electrons. The highest BCUT2D eigenvalue weighted by molar-refractivity contribution is 5.93. The predicted octanol–water partition coefficient (Wildman–Crippen LogP) is 3.46. The van der Waals surface area contributed by atoms with Crippen molar-refractivity contribution in [2.45, 2.75) is 5.92 Å². The Morgan fingerprint density at radius 1 is 1.03 bits per heavy atom. The SMILES string of the molecule is COc1ccc(C2c3c(c4ccccc4oc3=O)OC(=N)C2C#N)c(OC)c1OC. The maximum atomic E-state index is 13.0. The second-order valence-corrected chi connectivity index (χ2v) is 6.60. The molecule has 0 fully saturated rings. The Bertz CT molecular complexity index is 1260. The maximum Gasteiger partial charge on any atom is 0.343 e. The fraction of sp³-hybridized carbons (Fsp3) is 0.227. The number of hydrogen-bond acceptors (Lipinski definition) is 8. The molecule has 0 spiro atoms. The highest BCUT2D eigenvalue weighted by Gasteiger charge is 2.42. The van der Waals surface area contributed by atoms with Crippen LogP contribution in [0.25, 0.3) is 11.0 Å². The van der Waals surface area contributed by atoms with E-state index in [1.807, 2.05) is 0 Å². The summed E-state index contributed by atoms with van der Waals surface area (Å²) in [6, 6.07) is 12.3. The van der Waals surface area contributed by atoms with E-state index in [2.05, 4.69) is 6.07 Å². The van der Waals surface area contributed by atoms with E-state index in [1.165, 1.54) is 21.3 Å². The molecule has 8 nitrogen and oxygen atoms in total. The molecule has 0 amide bonds. The normalized spacial score (nSPS) is 17.6.